The normalized spacial score (nSPS) is 4.80. The number of rotatable bonds is 0. The minimum Gasteiger partial charge on any atom is -0.328 e. The van der Waals surface area contributed by atoms with Crippen LogP contribution in [0.3, 0.4) is 0 Å². The van der Waals surface area contributed by atoms with Gasteiger partial charge in [0.25, 0.3) is 5.09 Å². The molecule has 5 heteroatoms. The van der Waals surface area contributed by atoms with E-state index in [-0.39, 0.29) is 68.9 Å². The van der Waals surface area contributed by atoms with Crippen molar-refractivity contribution in [3.63, 3.8) is 0 Å². The van der Waals surface area contributed by atoms with E-state index in [2.05, 4.69) is 0 Å². The maximum Gasteiger partial charge on any atom is 0.291 e. The molecule has 1 radical (unpaired) electrons. The van der Waals surface area contributed by atoms with E-state index in [9.17, 15) is 0 Å². The van der Waals surface area contributed by atoms with Gasteiger partial charge in [0.05, 0.1) is 0 Å². The minimum absolute atomic E-state index is 0. The first kappa shape index (κ1) is 9.54. The maximum atomic E-state index is 8.36. The second kappa shape index (κ2) is 5.25. The van der Waals surface area contributed by atoms with E-state index in [0.717, 1.165) is 0 Å². The molecule has 0 aromatic carbocycles. The largest absolute Gasteiger partial charge is 0.328 e. The summed E-state index contributed by atoms with van der Waals surface area (Å²) in [4.78, 5) is 8.36. The standard InChI is InChI=1S/Cs.HNO3/c;2-1(3)4/h;(H,2,3,4). The van der Waals surface area contributed by atoms with Crippen LogP contribution in [-0.2, 0) is 0 Å². The summed E-state index contributed by atoms with van der Waals surface area (Å²) in [7, 11) is 0. The van der Waals surface area contributed by atoms with Crippen molar-refractivity contribution in [3.8, 4) is 0 Å². The summed E-state index contributed by atoms with van der Waals surface area (Å²) in [6.07, 6.45) is 0. The SMILES string of the molecule is O=[N+]([O-])O.[Cs]. The maximum absolute atomic E-state index is 8.36. The molecule has 5 heavy (non-hydrogen) atoms. The fourth-order valence-corrected chi connectivity index (χ4v) is 0. The first-order valence-electron chi connectivity index (χ1n) is 0.565. The summed E-state index contributed by atoms with van der Waals surface area (Å²) in [5.41, 5.74) is 0. The number of hydrogen-bond acceptors (Lipinski definition) is 2. The zero-order valence-corrected chi connectivity index (χ0v) is 8.99. The Hall–Kier alpha value is 1.25. The van der Waals surface area contributed by atoms with E-state index in [1.165, 1.54) is 0 Å². The van der Waals surface area contributed by atoms with Gasteiger partial charge in [-0.25, -0.2) is 0 Å². The summed E-state index contributed by atoms with van der Waals surface area (Å²) in [6, 6.07) is 0. The van der Waals surface area contributed by atoms with Crippen LogP contribution >= 0.6 is 0 Å². The predicted octanol–water partition coefficient (Wildman–Crippen LogP) is -0.729. The quantitative estimate of drug-likeness (QED) is 0.410. The molecule has 0 atom stereocenters. The third kappa shape index (κ3) is 35.4. The molecular formula is HCsNO3. The zero-order chi connectivity index (χ0) is 3.58. The first-order valence-corrected chi connectivity index (χ1v) is 0.565. The van der Waals surface area contributed by atoms with Crippen LogP contribution in [0.1, 0.15) is 0 Å². The Bertz CT molecular complexity index is 29.9. The van der Waals surface area contributed by atoms with Crippen LogP contribution in [0.4, 0.5) is 0 Å². The molecule has 0 aromatic rings. The van der Waals surface area contributed by atoms with Gasteiger partial charge in [-0.2, -0.15) is 0 Å². The molecule has 0 amide bonds. The molecule has 0 aliphatic rings. The molecule has 0 spiro atoms. The van der Waals surface area contributed by atoms with Crippen molar-refractivity contribution in [3.05, 3.63) is 10.1 Å². The smallest absolute Gasteiger partial charge is 0.291 e. The molecular weight excluding hydrogens is 195 g/mol. The Morgan fingerprint density at radius 1 is 1.80 bits per heavy atom. The zero-order valence-electron chi connectivity index (χ0n) is 2.71. The van der Waals surface area contributed by atoms with E-state index in [4.69, 9.17) is 15.3 Å². The van der Waals surface area contributed by atoms with Crippen molar-refractivity contribution in [2.24, 2.45) is 0 Å². The van der Waals surface area contributed by atoms with E-state index in [1.807, 2.05) is 0 Å². The third-order valence-electron chi connectivity index (χ3n) is 0. The summed E-state index contributed by atoms with van der Waals surface area (Å²) >= 11 is 0. The van der Waals surface area contributed by atoms with Gasteiger partial charge in [0.15, 0.2) is 0 Å². The van der Waals surface area contributed by atoms with Gasteiger partial charge in [0.1, 0.15) is 0 Å². The summed E-state index contributed by atoms with van der Waals surface area (Å²) in [6.45, 7) is 0. The van der Waals surface area contributed by atoms with Crippen molar-refractivity contribution in [2.75, 3.05) is 0 Å². The summed E-state index contributed by atoms with van der Waals surface area (Å²) in [5.74, 6) is 0. The van der Waals surface area contributed by atoms with Gasteiger partial charge in [-0.3, -0.25) is 0 Å². The van der Waals surface area contributed by atoms with Crippen LogP contribution in [0.15, 0.2) is 0 Å². The van der Waals surface area contributed by atoms with Gasteiger partial charge >= 0.3 is 0 Å². The number of nitrogens with zero attached hydrogens (tertiary/aromatic N) is 1. The van der Waals surface area contributed by atoms with Crippen LogP contribution in [0, 0.1) is 10.1 Å². The van der Waals surface area contributed by atoms with Gasteiger partial charge in [-0.05, 0) is 0 Å². The molecule has 0 unspecified atom stereocenters. The van der Waals surface area contributed by atoms with Crippen LogP contribution in [-0.4, -0.2) is 79.2 Å². The van der Waals surface area contributed by atoms with Gasteiger partial charge in [-0.1, -0.05) is 0 Å². The Morgan fingerprint density at radius 3 is 1.80 bits per heavy atom. The molecule has 0 aliphatic heterocycles. The fourth-order valence-electron chi connectivity index (χ4n) is 0. The van der Waals surface area contributed by atoms with Crippen molar-refractivity contribution >= 4 is 68.9 Å². The summed E-state index contributed by atoms with van der Waals surface area (Å²) < 4.78 is 0. The third-order valence-corrected chi connectivity index (χ3v) is 0. The average molecular weight is 196 g/mol. The Balaban J connectivity index is 0. The van der Waals surface area contributed by atoms with Crippen molar-refractivity contribution < 1.29 is 10.3 Å². The van der Waals surface area contributed by atoms with E-state index in [1.54, 1.807) is 0 Å². The fraction of sp³-hybridized carbons (Fsp3) is 0. The van der Waals surface area contributed by atoms with Gasteiger partial charge in [0, 0.05) is 68.9 Å². The second-order valence-corrected chi connectivity index (χ2v) is 0.238. The van der Waals surface area contributed by atoms with E-state index >= 15 is 0 Å². The molecule has 0 bridgehead atoms. The molecule has 0 rings (SSSR count). The van der Waals surface area contributed by atoms with Crippen LogP contribution in [0.5, 0.6) is 0 Å². The minimum atomic E-state index is -1.50. The molecule has 0 aromatic heterocycles. The second-order valence-electron chi connectivity index (χ2n) is 0.238. The van der Waals surface area contributed by atoms with Gasteiger partial charge in [0.2, 0.25) is 0 Å². The van der Waals surface area contributed by atoms with Crippen LogP contribution < -0.4 is 0 Å². The van der Waals surface area contributed by atoms with Gasteiger partial charge < -0.3 is 5.21 Å². The van der Waals surface area contributed by atoms with E-state index < -0.39 is 5.09 Å². The Labute approximate surface area is 87.1 Å². The molecule has 0 saturated heterocycles. The molecule has 1 N–H and O–H groups in total. The molecule has 0 saturated carbocycles. The first-order chi connectivity index (χ1) is 1.73. The van der Waals surface area contributed by atoms with Crippen LogP contribution in [0.25, 0.3) is 0 Å². The Morgan fingerprint density at radius 2 is 1.80 bits per heavy atom. The van der Waals surface area contributed by atoms with Crippen molar-refractivity contribution in [1.29, 1.82) is 0 Å². The van der Waals surface area contributed by atoms with Crippen LogP contribution in [0.2, 0.25) is 0 Å². The molecule has 0 fully saturated rings. The molecule has 0 heterocycles. The predicted molar refractivity (Wildman–Crippen MR) is 14.5 cm³/mol. The van der Waals surface area contributed by atoms with Gasteiger partial charge in [-0.15, -0.1) is 10.1 Å². The monoisotopic (exact) mass is 196 g/mol. The van der Waals surface area contributed by atoms with E-state index in [0.29, 0.717) is 0 Å². The Kier molecular flexibility index (Phi) is 10.0. The number of hydrogen-bond donors (Lipinski definition) is 1. The summed E-state index contributed by atoms with van der Waals surface area (Å²) in [5, 5.41) is 13.6. The van der Waals surface area contributed by atoms with Crippen molar-refractivity contribution in [2.45, 2.75) is 0 Å². The average Bonchev–Trinajstić information content (AvgIpc) is 0.811. The molecule has 0 aliphatic carbocycles. The molecule has 25 valence electrons. The molecule has 4 nitrogen and oxygen atoms in total. The van der Waals surface area contributed by atoms with Crippen molar-refractivity contribution in [1.82, 2.24) is 0 Å². The topological polar surface area (TPSA) is 63.4 Å².